The summed E-state index contributed by atoms with van der Waals surface area (Å²) in [5.74, 6) is 0.987. The first-order valence-corrected chi connectivity index (χ1v) is 6.93. The Morgan fingerprint density at radius 3 is 2.85 bits per heavy atom. The summed E-state index contributed by atoms with van der Waals surface area (Å²) in [7, 11) is 1.72. The maximum absolute atomic E-state index is 5.70. The molecule has 0 radical (unpaired) electrons. The summed E-state index contributed by atoms with van der Waals surface area (Å²) in [5, 5.41) is 3.63. The molecule has 3 rings (SSSR count). The second-order valence-electron chi connectivity index (χ2n) is 4.96. The third kappa shape index (κ3) is 2.63. The van der Waals surface area contributed by atoms with Crippen LogP contribution in [0.1, 0.15) is 23.6 Å². The van der Waals surface area contributed by atoms with Crippen molar-refractivity contribution in [2.45, 2.75) is 19.1 Å². The van der Waals surface area contributed by atoms with Crippen LogP contribution in [-0.4, -0.2) is 13.7 Å². The molecule has 3 heteroatoms. The van der Waals surface area contributed by atoms with Gasteiger partial charge < -0.3 is 14.8 Å². The van der Waals surface area contributed by atoms with Gasteiger partial charge in [-0.1, -0.05) is 36.4 Å². The van der Waals surface area contributed by atoms with E-state index in [1.54, 1.807) is 7.11 Å². The van der Waals surface area contributed by atoms with Gasteiger partial charge in [-0.15, -0.1) is 0 Å². The van der Waals surface area contributed by atoms with Crippen LogP contribution < -0.4 is 10.1 Å². The Bertz CT molecular complexity index is 583. The summed E-state index contributed by atoms with van der Waals surface area (Å²) >= 11 is 0. The van der Waals surface area contributed by atoms with Gasteiger partial charge in [-0.25, -0.2) is 0 Å². The lowest BCUT2D eigenvalue weighted by molar-refractivity contribution is 0.185. The zero-order chi connectivity index (χ0) is 13.8. The van der Waals surface area contributed by atoms with Crippen molar-refractivity contribution < 1.29 is 9.47 Å². The van der Waals surface area contributed by atoms with E-state index in [0.717, 1.165) is 24.5 Å². The van der Waals surface area contributed by atoms with Crippen LogP contribution in [0.5, 0.6) is 5.75 Å². The van der Waals surface area contributed by atoms with Gasteiger partial charge in [-0.05, 0) is 12.1 Å². The normalized spacial score (nSPS) is 17.1. The molecule has 3 nitrogen and oxygen atoms in total. The van der Waals surface area contributed by atoms with Gasteiger partial charge in [-0.3, -0.25) is 0 Å². The molecule has 0 saturated heterocycles. The first-order valence-electron chi connectivity index (χ1n) is 6.93. The zero-order valence-electron chi connectivity index (χ0n) is 11.6. The van der Waals surface area contributed by atoms with Crippen LogP contribution >= 0.6 is 0 Å². The molecule has 1 unspecified atom stereocenters. The highest BCUT2D eigenvalue weighted by Gasteiger charge is 2.21. The van der Waals surface area contributed by atoms with Crippen LogP contribution in [0.2, 0.25) is 0 Å². The largest absolute Gasteiger partial charge is 0.493 e. The van der Waals surface area contributed by atoms with E-state index in [1.807, 2.05) is 24.3 Å². The fraction of sp³-hybridized carbons (Fsp3) is 0.294. The molecule has 1 aliphatic rings. The number of benzene rings is 2. The molecule has 0 fully saturated rings. The van der Waals surface area contributed by atoms with Crippen LogP contribution in [-0.2, 0) is 11.3 Å². The first kappa shape index (κ1) is 13.0. The van der Waals surface area contributed by atoms with Gasteiger partial charge in [0.1, 0.15) is 5.75 Å². The average Bonchev–Trinajstić information content (AvgIpc) is 2.50. The van der Waals surface area contributed by atoms with Crippen LogP contribution in [0.3, 0.4) is 0 Å². The number of para-hydroxylation sites is 2. The molecular formula is C17H19NO2. The van der Waals surface area contributed by atoms with Gasteiger partial charge in [0, 0.05) is 30.3 Å². The first-order chi connectivity index (χ1) is 9.88. The van der Waals surface area contributed by atoms with Crippen molar-refractivity contribution in [3.05, 3.63) is 59.7 Å². The minimum Gasteiger partial charge on any atom is -0.493 e. The molecule has 1 aliphatic heterocycles. The Balaban J connectivity index is 1.86. The van der Waals surface area contributed by atoms with E-state index in [0.29, 0.717) is 6.61 Å². The van der Waals surface area contributed by atoms with E-state index >= 15 is 0 Å². The summed E-state index contributed by atoms with van der Waals surface area (Å²) < 4.78 is 11.0. The molecule has 1 atom stereocenters. The minimum atomic E-state index is 0.290. The van der Waals surface area contributed by atoms with Crippen molar-refractivity contribution in [2.24, 2.45) is 0 Å². The molecule has 0 amide bonds. The Kier molecular flexibility index (Phi) is 3.88. The summed E-state index contributed by atoms with van der Waals surface area (Å²) in [6.07, 6.45) is 0.971. The monoisotopic (exact) mass is 269 g/mol. The van der Waals surface area contributed by atoms with Crippen molar-refractivity contribution in [1.29, 1.82) is 0 Å². The van der Waals surface area contributed by atoms with E-state index in [1.165, 1.54) is 11.1 Å². The Morgan fingerprint density at radius 1 is 1.15 bits per heavy atom. The SMILES string of the molecule is COCc1ccccc1NC1CCOc2ccccc21. The molecule has 2 aromatic rings. The van der Waals surface area contributed by atoms with E-state index < -0.39 is 0 Å². The maximum atomic E-state index is 5.70. The van der Waals surface area contributed by atoms with E-state index in [9.17, 15) is 0 Å². The zero-order valence-corrected chi connectivity index (χ0v) is 11.6. The molecular weight excluding hydrogens is 250 g/mol. The molecule has 0 aromatic heterocycles. The molecule has 20 heavy (non-hydrogen) atoms. The number of hydrogen-bond donors (Lipinski definition) is 1. The van der Waals surface area contributed by atoms with Gasteiger partial charge in [0.05, 0.1) is 19.3 Å². The molecule has 0 bridgehead atoms. The van der Waals surface area contributed by atoms with Crippen LogP contribution in [0, 0.1) is 0 Å². The molecule has 1 N–H and O–H groups in total. The second-order valence-corrected chi connectivity index (χ2v) is 4.96. The number of nitrogens with one attached hydrogen (secondary N) is 1. The molecule has 0 spiro atoms. The highest BCUT2D eigenvalue weighted by atomic mass is 16.5. The Morgan fingerprint density at radius 2 is 1.95 bits per heavy atom. The minimum absolute atomic E-state index is 0.290. The number of rotatable bonds is 4. The van der Waals surface area contributed by atoms with Crippen molar-refractivity contribution in [3.8, 4) is 5.75 Å². The van der Waals surface area contributed by atoms with Crippen molar-refractivity contribution in [3.63, 3.8) is 0 Å². The summed E-state index contributed by atoms with van der Waals surface area (Å²) in [5.41, 5.74) is 3.54. The summed E-state index contributed by atoms with van der Waals surface area (Å²) in [4.78, 5) is 0. The summed E-state index contributed by atoms with van der Waals surface area (Å²) in [6, 6.07) is 16.8. The molecule has 2 aromatic carbocycles. The van der Waals surface area contributed by atoms with Crippen LogP contribution in [0.15, 0.2) is 48.5 Å². The average molecular weight is 269 g/mol. The van der Waals surface area contributed by atoms with Gasteiger partial charge in [0.2, 0.25) is 0 Å². The van der Waals surface area contributed by atoms with Crippen LogP contribution in [0.4, 0.5) is 5.69 Å². The van der Waals surface area contributed by atoms with E-state index in [-0.39, 0.29) is 6.04 Å². The Labute approximate surface area is 119 Å². The fourth-order valence-corrected chi connectivity index (χ4v) is 2.62. The predicted octanol–water partition coefficient (Wildman–Crippen LogP) is 3.77. The number of hydrogen-bond acceptors (Lipinski definition) is 3. The molecule has 0 aliphatic carbocycles. The second kappa shape index (κ2) is 5.97. The number of fused-ring (bicyclic) bond motifs is 1. The third-order valence-corrected chi connectivity index (χ3v) is 3.61. The lowest BCUT2D eigenvalue weighted by atomic mass is 10.00. The summed E-state index contributed by atoms with van der Waals surface area (Å²) in [6.45, 7) is 1.37. The van der Waals surface area contributed by atoms with Gasteiger partial charge in [-0.2, -0.15) is 0 Å². The van der Waals surface area contributed by atoms with Gasteiger partial charge >= 0.3 is 0 Å². The standard InChI is InChI=1S/C17H19NO2/c1-19-12-13-6-2-4-8-15(13)18-16-10-11-20-17-9-5-3-7-14(16)17/h2-9,16,18H,10-12H2,1H3. The van der Waals surface area contributed by atoms with Crippen molar-refractivity contribution in [1.82, 2.24) is 0 Å². The number of methoxy groups -OCH3 is 1. The lowest BCUT2D eigenvalue weighted by Gasteiger charge is -2.28. The molecule has 104 valence electrons. The predicted molar refractivity (Wildman–Crippen MR) is 80.1 cm³/mol. The number of anilines is 1. The van der Waals surface area contributed by atoms with Gasteiger partial charge in [0.15, 0.2) is 0 Å². The number of ether oxygens (including phenoxy) is 2. The molecule has 0 saturated carbocycles. The third-order valence-electron chi connectivity index (χ3n) is 3.61. The quantitative estimate of drug-likeness (QED) is 0.916. The Hall–Kier alpha value is -2.00. The van der Waals surface area contributed by atoms with Crippen LogP contribution in [0.25, 0.3) is 0 Å². The highest BCUT2D eigenvalue weighted by Crippen LogP contribution is 2.34. The highest BCUT2D eigenvalue weighted by molar-refractivity contribution is 5.54. The van der Waals surface area contributed by atoms with Crippen molar-refractivity contribution >= 4 is 5.69 Å². The van der Waals surface area contributed by atoms with E-state index in [2.05, 4.69) is 29.6 Å². The lowest BCUT2D eigenvalue weighted by Crippen LogP contribution is -2.20. The molecule has 1 heterocycles. The van der Waals surface area contributed by atoms with Crippen molar-refractivity contribution in [2.75, 3.05) is 19.0 Å². The fourth-order valence-electron chi connectivity index (χ4n) is 2.62. The maximum Gasteiger partial charge on any atom is 0.124 e. The smallest absolute Gasteiger partial charge is 0.124 e. The topological polar surface area (TPSA) is 30.5 Å². The van der Waals surface area contributed by atoms with E-state index in [4.69, 9.17) is 9.47 Å². The van der Waals surface area contributed by atoms with Gasteiger partial charge in [0.25, 0.3) is 0 Å².